The van der Waals surface area contributed by atoms with Crippen molar-refractivity contribution in [3.05, 3.63) is 39.9 Å². The molecule has 0 radical (unpaired) electrons. The van der Waals surface area contributed by atoms with Gasteiger partial charge in [0, 0.05) is 17.6 Å². The van der Waals surface area contributed by atoms with Crippen molar-refractivity contribution in [2.45, 2.75) is 32.2 Å². The van der Waals surface area contributed by atoms with E-state index >= 15 is 0 Å². The maximum Gasteiger partial charge on any atom is 0.263 e. The van der Waals surface area contributed by atoms with Gasteiger partial charge in [0.1, 0.15) is 0 Å². The van der Waals surface area contributed by atoms with E-state index < -0.39 is 10.0 Å². The largest absolute Gasteiger partial charge is 0.316 e. The van der Waals surface area contributed by atoms with Crippen LogP contribution in [0.1, 0.15) is 21.6 Å². The van der Waals surface area contributed by atoms with Crippen molar-refractivity contribution in [1.29, 1.82) is 0 Å². The fraction of sp³-hybridized carbons (Fsp3) is 0.357. The minimum Gasteiger partial charge on any atom is -0.316 e. The summed E-state index contributed by atoms with van der Waals surface area (Å²) in [5.41, 5.74) is 2.66. The number of hydrogen-bond donors (Lipinski definition) is 2. The molecule has 0 saturated heterocycles. The summed E-state index contributed by atoms with van der Waals surface area (Å²) in [6.45, 7) is 6.25. The Bertz CT molecular complexity index is 752. The number of thiazole rings is 1. The van der Waals surface area contributed by atoms with Crippen molar-refractivity contribution in [2.75, 3.05) is 11.8 Å². The molecule has 0 fully saturated rings. The van der Waals surface area contributed by atoms with Gasteiger partial charge in [0.05, 0.1) is 4.90 Å². The molecule has 114 valence electrons. The van der Waals surface area contributed by atoms with Crippen molar-refractivity contribution in [3.8, 4) is 0 Å². The van der Waals surface area contributed by atoms with Gasteiger partial charge in [-0.25, -0.2) is 13.4 Å². The van der Waals surface area contributed by atoms with Gasteiger partial charge in [-0.05, 0) is 50.6 Å². The standard InChI is InChI=1S/C14H19N3O2S2/c1-9-5-12(8-15-4)6-13(11(9)3)21(18,19)17-14-16-7-10(2)20-14/h5-7,15H,8H2,1-4H3,(H,16,17). The third-order valence-corrected chi connectivity index (χ3v) is 5.62. The summed E-state index contributed by atoms with van der Waals surface area (Å²) in [5.74, 6) is 0. The van der Waals surface area contributed by atoms with E-state index in [0.717, 1.165) is 21.6 Å². The van der Waals surface area contributed by atoms with Crippen LogP contribution in [0.25, 0.3) is 0 Å². The van der Waals surface area contributed by atoms with Crippen LogP contribution in [0.3, 0.4) is 0 Å². The first-order valence-electron chi connectivity index (χ1n) is 6.53. The summed E-state index contributed by atoms with van der Waals surface area (Å²) in [6, 6.07) is 3.71. The van der Waals surface area contributed by atoms with Gasteiger partial charge in [0.25, 0.3) is 10.0 Å². The van der Waals surface area contributed by atoms with E-state index in [1.54, 1.807) is 12.3 Å². The predicted octanol–water partition coefficient (Wildman–Crippen LogP) is 2.59. The number of sulfonamides is 1. The van der Waals surface area contributed by atoms with Crippen LogP contribution < -0.4 is 10.0 Å². The summed E-state index contributed by atoms with van der Waals surface area (Å²) in [5, 5.41) is 3.43. The molecule has 2 rings (SSSR count). The van der Waals surface area contributed by atoms with E-state index in [0.29, 0.717) is 16.6 Å². The van der Waals surface area contributed by atoms with Gasteiger partial charge in [0.15, 0.2) is 5.13 Å². The number of anilines is 1. The smallest absolute Gasteiger partial charge is 0.263 e. The highest BCUT2D eigenvalue weighted by Gasteiger charge is 2.20. The lowest BCUT2D eigenvalue weighted by Gasteiger charge is -2.13. The Morgan fingerprint density at radius 3 is 2.52 bits per heavy atom. The van der Waals surface area contributed by atoms with Gasteiger partial charge in [-0.1, -0.05) is 6.07 Å². The van der Waals surface area contributed by atoms with Crippen LogP contribution in [-0.4, -0.2) is 20.4 Å². The number of rotatable bonds is 5. The van der Waals surface area contributed by atoms with Crippen LogP contribution in [-0.2, 0) is 16.6 Å². The van der Waals surface area contributed by atoms with E-state index in [2.05, 4.69) is 15.0 Å². The molecule has 5 nitrogen and oxygen atoms in total. The van der Waals surface area contributed by atoms with Crippen molar-refractivity contribution >= 4 is 26.5 Å². The molecule has 21 heavy (non-hydrogen) atoms. The first-order chi connectivity index (χ1) is 9.83. The molecule has 1 heterocycles. The van der Waals surface area contributed by atoms with E-state index in [1.165, 1.54) is 11.3 Å². The molecule has 0 spiro atoms. The molecule has 1 aromatic carbocycles. The fourth-order valence-corrected chi connectivity index (χ4v) is 4.33. The number of benzene rings is 1. The highest BCUT2D eigenvalue weighted by molar-refractivity contribution is 7.93. The molecule has 0 aliphatic heterocycles. The third-order valence-electron chi connectivity index (χ3n) is 3.19. The maximum atomic E-state index is 12.6. The Balaban J connectivity index is 2.43. The molecule has 0 aliphatic rings. The number of aromatic nitrogens is 1. The summed E-state index contributed by atoms with van der Waals surface area (Å²) < 4.78 is 27.7. The van der Waals surface area contributed by atoms with Crippen LogP contribution in [0.2, 0.25) is 0 Å². The Morgan fingerprint density at radius 2 is 1.95 bits per heavy atom. The molecule has 2 N–H and O–H groups in total. The first-order valence-corrected chi connectivity index (χ1v) is 8.83. The lowest BCUT2D eigenvalue weighted by molar-refractivity contribution is 0.600. The van der Waals surface area contributed by atoms with Gasteiger partial charge >= 0.3 is 0 Å². The minimum atomic E-state index is -3.62. The molecule has 0 unspecified atom stereocenters. The average Bonchev–Trinajstić information content (AvgIpc) is 2.78. The molecule has 0 bridgehead atoms. The summed E-state index contributed by atoms with van der Waals surface area (Å²) in [7, 11) is -1.79. The molecule has 0 aliphatic carbocycles. The SMILES string of the molecule is CNCc1cc(C)c(C)c(S(=O)(=O)Nc2ncc(C)s2)c1. The third kappa shape index (κ3) is 3.61. The highest BCUT2D eigenvalue weighted by Crippen LogP contribution is 2.25. The van der Waals surface area contributed by atoms with Gasteiger partial charge in [-0.3, -0.25) is 4.72 Å². The normalized spacial score (nSPS) is 11.6. The predicted molar refractivity (Wildman–Crippen MR) is 86.3 cm³/mol. The Labute approximate surface area is 129 Å². The topological polar surface area (TPSA) is 71.1 Å². The zero-order valence-corrected chi connectivity index (χ0v) is 14.2. The number of nitrogens with zero attached hydrogens (tertiary/aromatic N) is 1. The van der Waals surface area contributed by atoms with E-state index in [4.69, 9.17) is 0 Å². The summed E-state index contributed by atoms with van der Waals surface area (Å²) in [4.78, 5) is 5.32. The highest BCUT2D eigenvalue weighted by atomic mass is 32.2. The lowest BCUT2D eigenvalue weighted by Crippen LogP contribution is -2.16. The molecular formula is C14H19N3O2S2. The van der Waals surface area contributed by atoms with Crippen LogP contribution in [0, 0.1) is 20.8 Å². The molecule has 2 aromatic rings. The van der Waals surface area contributed by atoms with E-state index in [-0.39, 0.29) is 0 Å². The van der Waals surface area contributed by atoms with Gasteiger partial charge in [-0.15, -0.1) is 11.3 Å². The maximum absolute atomic E-state index is 12.6. The van der Waals surface area contributed by atoms with Crippen molar-refractivity contribution in [1.82, 2.24) is 10.3 Å². The lowest BCUT2D eigenvalue weighted by atomic mass is 10.1. The fourth-order valence-electron chi connectivity index (χ4n) is 2.06. The molecule has 0 saturated carbocycles. The second kappa shape index (κ2) is 6.13. The van der Waals surface area contributed by atoms with Crippen LogP contribution in [0.15, 0.2) is 23.2 Å². The van der Waals surface area contributed by atoms with Crippen molar-refractivity contribution in [2.24, 2.45) is 0 Å². The quantitative estimate of drug-likeness (QED) is 0.886. The Hall–Kier alpha value is -1.44. The first kappa shape index (κ1) is 15.9. The summed E-state index contributed by atoms with van der Waals surface area (Å²) >= 11 is 1.32. The van der Waals surface area contributed by atoms with Crippen molar-refractivity contribution in [3.63, 3.8) is 0 Å². The van der Waals surface area contributed by atoms with Crippen LogP contribution >= 0.6 is 11.3 Å². The second-order valence-corrected chi connectivity index (χ2v) is 7.83. The molecule has 0 amide bonds. The monoisotopic (exact) mass is 325 g/mol. The minimum absolute atomic E-state index is 0.306. The average molecular weight is 325 g/mol. The number of nitrogens with one attached hydrogen (secondary N) is 2. The molecule has 1 aromatic heterocycles. The Kier molecular flexibility index (Phi) is 4.65. The van der Waals surface area contributed by atoms with Gasteiger partial charge < -0.3 is 5.32 Å². The molecule has 0 atom stereocenters. The second-order valence-electron chi connectivity index (χ2n) is 4.95. The zero-order chi connectivity index (χ0) is 15.6. The van der Waals surface area contributed by atoms with E-state index in [1.807, 2.05) is 33.9 Å². The Morgan fingerprint density at radius 1 is 1.24 bits per heavy atom. The van der Waals surface area contributed by atoms with Crippen LogP contribution in [0.5, 0.6) is 0 Å². The van der Waals surface area contributed by atoms with Gasteiger partial charge in [-0.2, -0.15) is 0 Å². The molecule has 7 heteroatoms. The zero-order valence-electron chi connectivity index (χ0n) is 12.5. The van der Waals surface area contributed by atoms with Gasteiger partial charge in [0.2, 0.25) is 0 Å². The number of aryl methyl sites for hydroxylation is 2. The molecular weight excluding hydrogens is 306 g/mol. The number of hydrogen-bond acceptors (Lipinski definition) is 5. The van der Waals surface area contributed by atoms with Crippen molar-refractivity contribution < 1.29 is 8.42 Å². The summed E-state index contributed by atoms with van der Waals surface area (Å²) in [6.07, 6.45) is 1.65. The van der Waals surface area contributed by atoms with Crippen LogP contribution in [0.4, 0.5) is 5.13 Å². The van der Waals surface area contributed by atoms with E-state index in [9.17, 15) is 8.42 Å².